The SMILES string of the molecule is C#CC(CC)N1CC2CCCNC2C1. The van der Waals surface area contributed by atoms with Crippen LogP contribution < -0.4 is 5.32 Å². The molecular weight excluding hydrogens is 172 g/mol. The molecule has 0 aromatic carbocycles. The van der Waals surface area contributed by atoms with Crippen LogP contribution in [0.25, 0.3) is 0 Å². The third kappa shape index (κ3) is 1.80. The fraction of sp³-hybridized carbons (Fsp3) is 0.833. The molecule has 14 heavy (non-hydrogen) atoms. The molecule has 0 aromatic rings. The van der Waals surface area contributed by atoms with Gasteiger partial charge in [0.2, 0.25) is 0 Å². The second kappa shape index (κ2) is 4.33. The molecule has 3 atom stereocenters. The Bertz CT molecular complexity index is 217. The Morgan fingerprint density at radius 2 is 2.43 bits per heavy atom. The molecule has 0 radical (unpaired) electrons. The molecule has 2 aliphatic heterocycles. The van der Waals surface area contributed by atoms with Crippen molar-refractivity contribution in [2.45, 2.75) is 38.3 Å². The molecule has 78 valence electrons. The van der Waals surface area contributed by atoms with E-state index in [1.807, 2.05) is 0 Å². The van der Waals surface area contributed by atoms with E-state index >= 15 is 0 Å². The number of nitrogens with one attached hydrogen (secondary N) is 1. The summed E-state index contributed by atoms with van der Waals surface area (Å²) in [6, 6.07) is 1.08. The van der Waals surface area contributed by atoms with Crippen LogP contribution in [0.1, 0.15) is 26.2 Å². The number of nitrogens with zero attached hydrogens (tertiary/aromatic N) is 1. The maximum atomic E-state index is 5.54. The Morgan fingerprint density at radius 1 is 1.57 bits per heavy atom. The summed E-state index contributed by atoms with van der Waals surface area (Å²) in [5.41, 5.74) is 0. The van der Waals surface area contributed by atoms with E-state index in [0.29, 0.717) is 12.1 Å². The summed E-state index contributed by atoms with van der Waals surface area (Å²) in [6.07, 6.45) is 9.34. The molecule has 0 bridgehead atoms. The maximum absolute atomic E-state index is 5.54. The number of piperidine rings is 1. The smallest absolute Gasteiger partial charge is 0.0709 e. The van der Waals surface area contributed by atoms with Crippen LogP contribution >= 0.6 is 0 Å². The van der Waals surface area contributed by atoms with Gasteiger partial charge in [-0.05, 0) is 31.7 Å². The van der Waals surface area contributed by atoms with Crippen LogP contribution in [-0.4, -0.2) is 36.6 Å². The Labute approximate surface area is 87.1 Å². The standard InChI is InChI=1S/C12H20N2/c1-3-11(4-2)14-8-10-6-5-7-13-12(10)9-14/h1,10-13H,4-9H2,2H3. The van der Waals surface area contributed by atoms with Crippen LogP contribution in [-0.2, 0) is 0 Å². The van der Waals surface area contributed by atoms with Gasteiger partial charge in [0.25, 0.3) is 0 Å². The Morgan fingerprint density at radius 3 is 3.07 bits per heavy atom. The van der Waals surface area contributed by atoms with Crippen LogP contribution in [0.4, 0.5) is 0 Å². The molecule has 2 fully saturated rings. The van der Waals surface area contributed by atoms with Crippen molar-refractivity contribution in [2.24, 2.45) is 5.92 Å². The highest BCUT2D eigenvalue weighted by Gasteiger charge is 2.36. The summed E-state index contributed by atoms with van der Waals surface area (Å²) in [7, 11) is 0. The molecule has 0 aliphatic carbocycles. The monoisotopic (exact) mass is 192 g/mol. The van der Waals surface area contributed by atoms with Crippen LogP contribution in [0, 0.1) is 18.3 Å². The van der Waals surface area contributed by atoms with Crippen molar-refractivity contribution in [1.82, 2.24) is 10.2 Å². The zero-order valence-electron chi connectivity index (χ0n) is 9.00. The summed E-state index contributed by atoms with van der Waals surface area (Å²) in [5, 5.41) is 3.60. The van der Waals surface area contributed by atoms with Gasteiger partial charge in [-0.15, -0.1) is 6.42 Å². The molecular formula is C12H20N2. The lowest BCUT2D eigenvalue weighted by molar-refractivity contribution is 0.273. The van der Waals surface area contributed by atoms with E-state index in [0.717, 1.165) is 18.9 Å². The maximum Gasteiger partial charge on any atom is 0.0709 e. The highest BCUT2D eigenvalue weighted by atomic mass is 15.2. The van der Waals surface area contributed by atoms with Crippen LogP contribution in [0.3, 0.4) is 0 Å². The lowest BCUT2D eigenvalue weighted by Gasteiger charge is -2.24. The van der Waals surface area contributed by atoms with Crippen LogP contribution in [0.2, 0.25) is 0 Å². The quantitative estimate of drug-likeness (QED) is 0.659. The van der Waals surface area contributed by atoms with E-state index < -0.39 is 0 Å². The molecule has 1 N–H and O–H groups in total. The third-order valence-corrected chi connectivity index (χ3v) is 3.65. The van der Waals surface area contributed by atoms with Gasteiger partial charge in [0.05, 0.1) is 6.04 Å². The molecule has 2 heterocycles. The molecule has 0 spiro atoms. The van der Waals surface area contributed by atoms with Crippen LogP contribution in [0.15, 0.2) is 0 Å². The number of rotatable bonds is 2. The van der Waals surface area contributed by atoms with Gasteiger partial charge in [-0.2, -0.15) is 0 Å². The topological polar surface area (TPSA) is 15.3 Å². The van der Waals surface area contributed by atoms with Gasteiger partial charge in [-0.25, -0.2) is 0 Å². The van der Waals surface area contributed by atoms with E-state index in [9.17, 15) is 0 Å². The van der Waals surface area contributed by atoms with Gasteiger partial charge < -0.3 is 5.32 Å². The molecule has 0 amide bonds. The van der Waals surface area contributed by atoms with Gasteiger partial charge in [-0.1, -0.05) is 12.8 Å². The summed E-state index contributed by atoms with van der Waals surface area (Å²) < 4.78 is 0. The molecule has 2 heteroatoms. The minimum absolute atomic E-state index is 0.363. The normalized spacial score (nSPS) is 34.9. The second-order valence-corrected chi connectivity index (χ2v) is 4.51. The Hall–Kier alpha value is -0.520. The van der Waals surface area contributed by atoms with E-state index in [2.05, 4.69) is 23.1 Å². The minimum atomic E-state index is 0.363. The molecule has 3 unspecified atom stereocenters. The lowest BCUT2D eigenvalue weighted by atomic mass is 9.94. The predicted octanol–water partition coefficient (Wildman–Crippen LogP) is 1.08. The number of hydrogen-bond donors (Lipinski definition) is 1. The van der Waals surface area contributed by atoms with Gasteiger partial charge >= 0.3 is 0 Å². The highest BCUT2D eigenvalue weighted by molar-refractivity contribution is 5.04. The van der Waals surface area contributed by atoms with Crippen molar-refractivity contribution in [3.8, 4) is 12.3 Å². The van der Waals surface area contributed by atoms with Crippen molar-refractivity contribution >= 4 is 0 Å². The molecule has 2 nitrogen and oxygen atoms in total. The first-order chi connectivity index (χ1) is 6.85. The Kier molecular flexibility index (Phi) is 3.10. The van der Waals surface area contributed by atoms with Crippen LogP contribution in [0.5, 0.6) is 0 Å². The van der Waals surface area contributed by atoms with Crippen molar-refractivity contribution in [3.63, 3.8) is 0 Å². The number of likely N-dealkylation sites (tertiary alicyclic amines) is 1. The first-order valence-corrected chi connectivity index (χ1v) is 5.78. The van der Waals surface area contributed by atoms with E-state index in [1.54, 1.807) is 0 Å². The lowest BCUT2D eigenvalue weighted by Crippen LogP contribution is -2.41. The number of hydrogen-bond acceptors (Lipinski definition) is 2. The largest absolute Gasteiger partial charge is 0.312 e. The summed E-state index contributed by atoms with van der Waals surface area (Å²) in [6.45, 7) is 5.75. The van der Waals surface area contributed by atoms with Gasteiger partial charge in [-0.3, -0.25) is 4.90 Å². The van der Waals surface area contributed by atoms with Crippen molar-refractivity contribution in [2.75, 3.05) is 19.6 Å². The average molecular weight is 192 g/mol. The van der Waals surface area contributed by atoms with E-state index in [-0.39, 0.29) is 0 Å². The van der Waals surface area contributed by atoms with Crippen molar-refractivity contribution in [1.29, 1.82) is 0 Å². The first-order valence-electron chi connectivity index (χ1n) is 5.78. The number of terminal acetylenes is 1. The average Bonchev–Trinajstić information content (AvgIpc) is 2.63. The predicted molar refractivity (Wildman–Crippen MR) is 59.0 cm³/mol. The fourth-order valence-electron chi connectivity index (χ4n) is 2.82. The van der Waals surface area contributed by atoms with Crippen molar-refractivity contribution in [3.05, 3.63) is 0 Å². The first kappa shape index (κ1) is 10.0. The molecule has 2 saturated heterocycles. The second-order valence-electron chi connectivity index (χ2n) is 4.51. The molecule has 0 aromatic heterocycles. The zero-order chi connectivity index (χ0) is 9.97. The number of fused-ring (bicyclic) bond motifs is 1. The van der Waals surface area contributed by atoms with Gasteiger partial charge in [0.1, 0.15) is 0 Å². The molecule has 2 rings (SSSR count). The minimum Gasteiger partial charge on any atom is -0.312 e. The van der Waals surface area contributed by atoms with E-state index in [1.165, 1.54) is 25.9 Å². The Balaban J connectivity index is 1.95. The van der Waals surface area contributed by atoms with E-state index in [4.69, 9.17) is 6.42 Å². The summed E-state index contributed by atoms with van der Waals surface area (Å²) >= 11 is 0. The zero-order valence-corrected chi connectivity index (χ0v) is 9.00. The third-order valence-electron chi connectivity index (χ3n) is 3.65. The van der Waals surface area contributed by atoms with Gasteiger partial charge in [0, 0.05) is 19.1 Å². The highest BCUT2D eigenvalue weighted by Crippen LogP contribution is 2.26. The fourth-order valence-corrected chi connectivity index (χ4v) is 2.82. The summed E-state index contributed by atoms with van der Waals surface area (Å²) in [5.74, 6) is 3.75. The van der Waals surface area contributed by atoms with Crippen molar-refractivity contribution < 1.29 is 0 Å². The molecule has 0 saturated carbocycles. The molecule has 2 aliphatic rings. The van der Waals surface area contributed by atoms with Gasteiger partial charge in [0.15, 0.2) is 0 Å². The summed E-state index contributed by atoms with van der Waals surface area (Å²) in [4.78, 5) is 2.48.